The van der Waals surface area contributed by atoms with Crippen molar-refractivity contribution >= 4 is 28.3 Å². The van der Waals surface area contributed by atoms with Crippen LogP contribution in [0.1, 0.15) is 24.0 Å². The number of ether oxygens (including phenoxy) is 2. The second-order valence-corrected chi connectivity index (χ2v) is 9.07. The molecule has 1 aromatic carbocycles. The van der Waals surface area contributed by atoms with Crippen LogP contribution in [-0.2, 0) is 11.2 Å². The zero-order chi connectivity index (χ0) is 22.6. The molecule has 0 atom stereocenters. The molecule has 32 heavy (non-hydrogen) atoms. The summed E-state index contributed by atoms with van der Waals surface area (Å²) in [7, 11) is 5.36. The molecule has 0 amide bonds. The molecule has 2 aliphatic rings. The van der Waals surface area contributed by atoms with Gasteiger partial charge in [-0.2, -0.15) is 0 Å². The quantitative estimate of drug-likeness (QED) is 0.642. The number of carbonyl (C=O) groups excluding carboxylic acids is 1. The summed E-state index contributed by atoms with van der Waals surface area (Å²) in [6.07, 6.45) is 3.80. The first-order chi connectivity index (χ1) is 15.5. The number of Topliss-reactive ketones (excluding diaryl/α,β-unsaturated/α-hetero) is 1. The number of rotatable bonds is 7. The molecule has 1 aromatic heterocycles. The largest absolute Gasteiger partial charge is 0.497 e. The molecule has 2 aromatic rings. The van der Waals surface area contributed by atoms with Gasteiger partial charge in [0.05, 0.1) is 25.7 Å². The average Bonchev–Trinajstić information content (AvgIpc) is 3.18. The van der Waals surface area contributed by atoms with Gasteiger partial charge in [0.15, 0.2) is 5.66 Å². The Hall–Kier alpha value is -2.71. The average molecular weight is 453 g/mol. The van der Waals surface area contributed by atoms with Crippen LogP contribution in [0.15, 0.2) is 52.6 Å². The van der Waals surface area contributed by atoms with Crippen molar-refractivity contribution in [3.8, 4) is 11.6 Å². The van der Waals surface area contributed by atoms with Crippen LogP contribution in [0.25, 0.3) is 0 Å². The number of thioether (sulfide) groups is 1. The number of piperidine rings is 1. The Morgan fingerprint density at radius 1 is 1.06 bits per heavy atom. The number of aliphatic imine (C=N–C) groups is 2. The first-order valence-electron chi connectivity index (χ1n) is 10.7. The smallest absolute Gasteiger partial charge is 0.212 e. The van der Waals surface area contributed by atoms with E-state index >= 15 is 0 Å². The Morgan fingerprint density at radius 3 is 2.44 bits per heavy atom. The van der Waals surface area contributed by atoms with Crippen LogP contribution in [-0.4, -0.2) is 72.2 Å². The molecular formula is C24H28N4O3S. The van der Waals surface area contributed by atoms with Crippen LogP contribution >= 0.6 is 11.8 Å². The van der Waals surface area contributed by atoms with E-state index in [1.54, 1.807) is 26.5 Å². The lowest BCUT2D eigenvalue weighted by Gasteiger charge is -2.33. The van der Waals surface area contributed by atoms with E-state index in [0.29, 0.717) is 18.1 Å². The van der Waals surface area contributed by atoms with Crippen molar-refractivity contribution in [3.63, 3.8) is 0 Å². The highest BCUT2D eigenvalue weighted by atomic mass is 32.2. The molecular weight excluding hydrogens is 424 g/mol. The van der Waals surface area contributed by atoms with Gasteiger partial charge in [-0.1, -0.05) is 17.8 Å². The van der Waals surface area contributed by atoms with Crippen molar-refractivity contribution < 1.29 is 14.3 Å². The SMILES string of the molecule is COc1ccc(C2=NC3(CCN(C)CC3)N=C2SCC(=O)Cc2ccc(OC)nc2)cc1. The minimum absolute atomic E-state index is 0.128. The molecule has 7 nitrogen and oxygen atoms in total. The number of methoxy groups -OCH3 is 2. The fourth-order valence-corrected chi connectivity index (χ4v) is 4.76. The number of pyridine rings is 1. The number of aromatic nitrogens is 1. The molecule has 1 spiro atoms. The normalized spacial score (nSPS) is 17.7. The molecule has 0 bridgehead atoms. The van der Waals surface area contributed by atoms with Crippen molar-refractivity contribution in [1.29, 1.82) is 0 Å². The highest BCUT2D eigenvalue weighted by Crippen LogP contribution is 2.35. The van der Waals surface area contributed by atoms with E-state index in [1.807, 2.05) is 30.3 Å². The molecule has 4 rings (SSSR count). The number of ketones is 1. The minimum atomic E-state index is -0.410. The van der Waals surface area contributed by atoms with Crippen LogP contribution in [0.3, 0.4) is 0 Å². The molecule has 0 aliphatic carbocycles. The molecule has 3 heterocycles. The summed E-state index contributed by atoms with van der Waals surface area (Å²) in [5, 5.41) is 0.848. The number of carbonyl (C=O) groups is 1. The molecule has 8 heteroatoms. The van der Waals surface area contributed by atoms with Gasteiger partial charge >= 0.3 is 0 Å². The van der Waals surface area contributed by atoms with E-state index in [9.17, 15) is 4.79 Å². The monoisotopic (exact) mass is 452 g/mol. The zero-order valence-electron chi connectivity index (χ0n) is 18.7. The Labute approximate surface area is 193 Å². The predicted octanol–water partition coefficient (Wildman–Crippen LogP) is 3.27. The number of benzene rings is 1. The molecule has 2 aliphatic heterocycles. The van der Waals surface area contributed by atoms with Crippen molar-refractivity contribution in [2.75, 3.05) is 40.1 Å². The lowest BCUT2D eigenvalue weighted by Crippen LogP contribution is -2.39. The van der Waals surface area contributed by atoms with Crippen molar-refractivity contribution in [2.24, 2.45) is 9.98 Å². The van der Waals surface area contributed by atoms with E-state index in [4.69, 9.17) is 19.5 Å². The van der Waals surface area contributed by atoms with E-state index in [1.165, 1.54) is 11.8 Å². The fraction of sp³-hybridized carbons (Fsp3) is 0.417. The standard InChI is InChI=1S/C24H28N4O3S/c1-28-12-10-24(11-13-28)26-22(18-5-7-20(30-2)8-6-18)23(27-24)32-16-19(29)14-17-4-9-21(31-3)25-15-17/h4-9,15H,10-14,16H2,1-3H3. The first-order valence-corrected chi connectivity index (χ1v) is 11.7. The summed E-state index contributed by atoms with van der Waals surface area (Å²) in [6.45, 7) is 1.93. The van der Waals surface area contributed by atoms with Crippen LogP contribution in [0.2, 0.25) is 0 Å². The van der Waals surface area contributed by atoms with Gasteiger partial charge in [-0.25, -0.2) is 9.98 Å². The molecule has 0 radical (unpaired) electrons. The Morgan fingerprint density at radius 2 is 1.81 bits per heavy atom. The van der Waals surface area contributed by atoms with Crippen LogP contribution in [0.5, 0.6) is 11.6 Å². The lowest BCUT2D eigenvalue weighted by molar-refractivity contribution is -0.116. The first kappa shape index (κ1) is 22.5. The second-order valence-electron chi connectivity index (χ2n) is 8.10. The van der Waals surface area contributed by atoms with Gasteiger partial charge in [-0.15, -0.1) is 0 Å². The third-order valence-electron chi connectivity index (χ3n) is 5.76. The molecule has 0 unspecified atom stereocenters. The summed E-state index contributed by atoms with van der Waals surface area (Å²) in [5.74, 6) is 1.81. The molecule has 1 fully saturated rings. The van der Waals surface area contributed by atoms with Crippen molar-refractivity contribution in [2.45, 2.75) is 24.9 Å². The minimum Gasteiger partial charge on any atom is -0.497 e. The number of nitrogens with zero attached hydrogens (tertiary/aromatic N) is 4. The van der Waals surface area contributed by atoms with Crippen molar-refractivity contribution in [1.82, 2.24) is 9.88 Å². The summed E-state index contributed by atoms with van der Waals surface area (Å²) >= 11 is 1.48. The van der Waals surface area contributed by atoms with Crippen molar-refractivity contribution in [3.05, 3.63) is 53.7 Å². The highest BCUT2D eigenvalue weighted by Gasteiger charge is 2.39. The lowest BCUT2D eigenvalue weighted by atomic mass is 9.99. The topological polar surface area (TPSA) is 76.4 Å². The van der Waals surface area contributed by atoms with Gasteiger partial charge in [0.1, 0.15) is 16.6 Å². The number of likely N-dealkylation sites (tertiary alicyclic amines) is 1. The zero-order valence-corrected chi connectivity index (χ0v) is 19.5. The van der Waals surface area contributed by atoms with Gasteiger partial charge in [-0.3, -0.25) is 9.79 Å². The molecule has 168 valence electrons. The molecule has 0 saturated carbocycles. The Bertz CT molecular complexity index is 1010. The molecule has 0 N–H and O–H groups in total. The van der Waals surface area contributed by atoms with Crippen LogP contribution < -0.4 is 9.47 Å². The maximum absolute atomic E-state index is 12.7. The number of hydrogen-bond acceptors (Lipinski definition) is 8. The van der Waals surface area contributed by atoms with Gasteiger partial charge in [0, 0.05) is 50.2 Å². The highest BCUT2D eigenvalue weighted by molar-refractivity contribution is 8.16. The summed E-state index contributed by atoms with van der Waals surface area (Å²) in [6, 6.07) is 11.5. The van der Waals surface area contributed by atoms with Crippen LogP contribution in [0, 0.1) is 0 Å². The Kier molecular flexibility index (Phi) is 6.91. The fourth-order valence-electron chi connectivity index (χ4n) is 3.82. The van der Waals surface area contributed by atoms with Gasteiger partial charge in [0.25, 0.3) is 0 Å². The predicted molar refractivity (Wildman–Crippen MR) is 128 cm³/mol. The van der Waals surface area contributed by atoms with Gasteiger partial charge in [0.2, 0.25) is 5.88 Å². The Balaban J connectivity index is 1.48. The maximum Gasteiger partial charge on any atom is 0.212 e. The number of hydrogen-bond donors (Lipinski definition) is 0. The third-order valence-corrected chi connectivity index (χ3v) is 6.79. The van der Waals surface area contributed by atoms with E-state index in [0.717, 1.165) is 53.6 Å². The third kappa shape index (κ3) is 5.19. The summed E-state index contributed by atoms with van der Waals surface area (Å²) in [5.41, 5.74) is 2.34. The molecule has 1 saturated heterocycles. The van der Waals surface area contributed by atoms with E-state index in [2.05, 4.69) is 16.9 Å². The summed E-state index contributed by atoms with van der Waals surface area (Å²) < 4.78 is 10.4. The summed E-state index contributed by atoms with van der Waals surface area (Å²) in [4.78, 5) is 29.3. The van der Waals surface area contributed by atoms with Crippen LogP contribution in [0.4, 0.5) is 0 Å². The van der Waals surface area contributed by atoms with E-state index < -0.39 is 5.66 Å². The van der Waals surface area contributed by atoms with Gasteiger partial charge < -0.3 is 14.4 Å². The van der Waals surface area contributed by atoms with E-state index in [-0.39, 0.29) is 5.78 Å². The van der Waals surface area contributed by atoms with Gasteiger partial charge in [-0.05, 0) is 36.9 Å². The maximum atomic E-state index is 12.7. The second kappa shape index (κ2) is 9.83.